The zero-order chi connectivity index (χ0) is 12.6. The Balaban J connectivity index is 2.28. The summed E-state index contributed by atoms with van der Waals surface area (Å²) in [5.41, 5.74) is 0.375. The second kappa shape index (κ2) is 4.69. The van der Waals surface area contributed by atoms with Crippen molar-refractivity contribution < 1.29 is 9.90 Å². The van der Waals surface area contributed by atoms with E-state index >= 15 is 0 Å². The van der Waals surface area contributed by atoms with E-state index in [-0.39, 0.29) is 17.7 Å². The van der Waals surface area contributed by atoms with Gasteiger partial charge >= 0.3 is 0 Å². The van der Waals surface area contributed by atoms with Gasteiger partial charge in [0.1, 0.15) is 5.75 Å². The number of nitrogens with zero attached hydrogens (tertiary/aromatic N) is 1. The number of hydrogen-bond donors (Lipinski definition) is 1. The van der Waals surface area contributed by atoms with Gasteiger partial charge < -0.3 is 10.0 Å². The van der Waals surface area contributed by atoms with Gasteiger partial charge in [0, 0.05) is 17.1 Å². The van der Waals surface area contributed by atoms with Gasteiger partial charge in [-0.05, 0) is 37.5 Å². The quantitative estimate of drug-likeness (QED) is 0.865. The summed E-state index contributed by atoms with van der Waals surface area (Å²) in [7, 11) is 0. The molecule has 1 amide bonds. The van der Waals surface area contributed by atoms with Crippen LogP contribution in [0.4, 0.5) is 0 Å². The summed E-state index contributed by atoms with van der Waals surface area (Å²) in [5.74, 6) is 0.494. The lowest BCUT2D eigenvalue weighted by molar-refractivity contribution is 0.0740. The molecular weight excluding hydrogens is 282 g/mol. The van der Waals surface area contributed by atoms with Gasteiger partial charge in [0.15, 0.2) is 0 Å². The minimum Gasteiger partial charge on any atom is -0.507 e. The molecule has 1 fully saturated rings. The SMILES string of the molecule is CC1CC(C)N(C(=O)c2cc(Br)ccc2O)C1. The number of phenols is 1. The third kappa shape index (κ3) is 2.46. The van der Waals surface area contributed by atoms with E-state index in [1.165, 1.54) is 0 Å². The lowest BCUT2D eigenvalue weighted by Gasteiger charge is -2.22. The molecular formula is C13H16BrNO2. The number of rotatable bonds is 1. The van der Waals surface area contributed by atoms with Crippen molar-refractivity contribution in [1.29, 1.82) is 0 Å². The molecule has 0 spiro atoms. The largest absolute Gasteiger partial charge is 0.507 e. The van der Waals surface area contributed by atoms with E-state index in [9.17, 15) is 9.90 Å². The van der Waals surface area contributed by atoms with Crippen LogP contribution < -0.4 is 0 Å². The summed E-state index contributed by atoms with van der Waals surface area (Å²) < 4.78 is 0.804. The van der Waals surface area contributed by atoms with Gasteiger partial charge in [0.05, 0.1) is 5.56 Å². The zero-order valence-electron chi connectivity index (χ0n) is 9.98. The maximum absolute atomic E-state index is 12.3. The van der Waals surface area contributed by atoms with Crippen LogP contribution in [0.25, 0.3) is 0 Å². The molecule has 2 rings (SSSR count). The van der Waals surface area contributed by atoms with Crippen LogP contribution in [0.15, 0.2) is 22.7 Å². The molecule has 4 heteroatoms. The van der Waals surface area contributed by atoms with Crippen LogP contribution in [-0.4, -0.2) is 28.5 Å². The molecule has 2 atom stereocenters. The molecule has 1 N–H and O–H groups in total. The normalized spacial score (nSPS) is 24.1. The predicted octanol–water partition coefficient (Wildman–Crippen LogP) is 3.03. The Morgan fingerprint density at radius 3 is 2.76 bits per heavy atom. The number of carbonyl (C=O) groups excluding carboxylic acids is 1. The molecule has 0 saturated carbocycles. The second-order valence-corrected chi connectivity index (χ2v) is 5.72. The zero-order valence-corrected chi connectivity index (χ0v) is 11.6. The van der Waals surface area contributed by atoms with Crippen LogP contribution in [0.1, 0.15) is 30.6 Å². The Morgan fingerprint density at radius 2 is 2.18 bits per heavy atom. The van der Waals surface area contributed by atoms with Crippen LogP contribution in [-0.2, 0) is 0 Å². The highest BCUT2D eigenvalue weighted by atomic mass is 79.9. The fraction of sp³-hybridized carbons (Fsp3) is 0.462. The molecule has 0 radical (unpaired) electrons. The van der Waals surface area contributed by atoms with Crippen molar-refractivity contribution in [2.24, 2.45) is 5.92 Å². The van der Waals surface area contributed by atoms with Crippen molar-refractivity contribution in [1.82, 2.24) is 4.90 Å². The number of hydrogen-bond acceptors (Lipinski definition) is 2. The molecule has 2 unspecified atom stereocenters. The highest BCUT2D eigenvalue weighted by Gasteiger charge is 2.31. The summed E-state index contributed by atoms with van der Waals surface area (Å²) in [6.07, 6.45) is 1.03. The predicted molar refractivity (Wildman–Crippen MR) is 70.1 cm³/mol. The van der Waals surface area contributed by atoms with Crippen molar-refractivity contribution in [3.63, 3.8) is 0 Å². The van der Waals surface area contributed by atoms with Crippen LogP contribution in [0.5, 0.6) is 5.75 Å². The van der Waals surface area contributed by atoms with Crippen molar-refractivity contribution >= 4 is 21.8 Å². The van der Waals surface area contributed by atoms with Crippen molar-refractivity contribution in [2.45, 2.75) is 26.3 Å². The van der Waals surface area contributed by atoms with E-state index in [0.29, 0.717) is 11.5 Å². The van der Waals surface area contributed by atoms with Gasteiger partial charge in [-0.2, -0.15) is 0 Å². The first-order valence-corrected chi connectivity index (χ1v) is 6.58. The third-order valence-corrected chi connectivity index (χ3v) is 3.73. The summed E-state index contributed by atoms with van der Waals surface area (Å²) in [6.45, 7) is 4.97. The fourth-order valence-electron chi connectivity index (χ4n) is 2.42. The molecule has 92 valence electrons. The van der Waals surface area contributed by atoms with Gasteiger partial charge in [-0.3, -0.25) is 4.79 Å². The van der Waals surface area contributed by atoms with Gasteiger partial charge in [-0.15, -0.1) is 0 Å². The lowest BCUT2D eigenvalue weighted by atomic mass is 10.1. The van der Waals surface area contributed by atoms with E-state index in [4.69, 9.17) is 0 Å². The number of phenolic OH excluding ortho intramolecular Hbond substituents is 1. The highest BCUT2D eigenvalue weighted by molar-refractivity contribution is 9.10. The number of halogens is 1. The number of likely N-dealkylation sites (tertiary alicyclic amines) is 1. The Hall–Kier alpha value is -1.03. The second-order valence-electron chi connectivity index (χ2n) is 4.81. The maximum Gasteiger partial charge on any atom is 0.257 e. The molecule has 17 heavy (non-hydrogen) atoms. The van der Waals surface area contributed by atoms with Crippen LogP contribution in [0.2, 0.25) is 0 Å². The first-order chi connectivity index (χ1) is 7.99. The van der Waals surface area contributed by atoms with Gasteiger partial charge in [0.2, 0.25) is 0 Å². The molecule has 3 nitrogen and oxygen atoms in total. The average Bonchev–Trinajstić information content (AvgIpc) is 2.60. The summed E-state index contributed by atoms with van der Waals surface area (Å²) in [5, 5.41) is 9.75. The maximum atomic E-state index is 12.3. The molecule has 0 aliphatic carbocycles. The van der Waals surface area contributed by atoms with Crippen LogP contribution in [0, 0.1) is 5.92 Å². The number of aromatic hydroxyl groups is 1. The number of amides is 1. The van der Waals surface area contributed by atoms with E-state index in [1.807, 2.05) is 4.90 Å². The van der Waals surface area contributed by atoms with Gasteiger partial charge in [-0.25, -0.2) is 0 Å². The molecule has 1 saturated heterocycles. The highest BCUT2D eigenvalue weighted by Crippen LogP contribution is 2.28. The van der Waals surface area contributed by atoms with E-state index in [0.717, 1.165) is 17.4 Å². The molecule has 1 aliphatic heterocycles. The topological polar surface area (TPSA) is 40.5 Å². The molecule has 1 heterocycles. The number of carbonyl (C=O) groups is 1. The summed E-state index contributed by atoms with van der Waals surface area (Å²) >= 11 is 3.32. The Kier molecular flexibility index (Phi) is 3.43. The molecule has 1 aliphatic rings. The van der Waals surface area contributed by atoms with Crippen molar-refractivity contribution in [2.75, 3.05) is 6.54 Å². The number of benzene rings is 1. The Morgan fingerprint density at radius 1 is 1.47 bits per heavy atom. The minimum absolute atomic E-state index is 0.0463. The average molecular weight is 298 g/mol. The van der Waals surface area contributed by atoms with Gasteiger partial charge in [0.25, 0.3) is 5.91 Å². The smallest absolute Gasteiger partial charge is 0.257 e. The summed E-state index contributed by atoms with van der Waals surface area (Å²) in [6, 6.07) is 5.19. The molecule has 0 bridgehead atoms. The standard InChI is InChI=1S/C13H16BrNO2/c1-8-5-9(2)15(7-8)13(17)11-6-10(14)3-4-12(11)16/h3-4,6,8-9,16H,5,7H2,1-2H3. The van der Waals surface area contributed by atoms with Crippen LogP contribution >= 0.6 is 15.9 Å². The molecule has 1 aromatic carbocycles. The molecule has 1 aromatic rings. The van der Waals surface area contributed by atoms with Crippen molar-refractivity contribution in [3.8, 4) is 5.75 Å². The van der Waals surface area contributed by atoms with E-state index in [2.05, 4.69) is 29.8 Å². The van der Waals surface area contributed by atoms with E-state index < -0.39 is 0 Å². The van der Waals surface area contributed by atoms with Gasteiger partial charge in [-0.1, -0.05) is 22.9 Å². The first-order valence-electron chi connectivity index (χ1n) is 5.78. The van der Waals surface area contributed by atoms with Crippen LogP contribution in [0.3, 0.4) is 0 Å². The fourth-order valence-corrected chi connectivity index (χ4v) is 2.78. The van der Waals surface area contributed by atoms with Crippen molar-refractivity contribution in [3.05, 3.63) is 28.2 Å². The lowest BCUT2D eigenvalue weighted by Crippen LogP contribution is -2.34. The Bertz CT molecular complexity index is 447. The minimum atomic E-state index is -0.0827. The monoisotopic (exact) mass is 297 g/mol. The summed E-state index contributed by atoms with van der Waals surface area (Å²) in [4.78, 5) is 14.2. The third-order valence-electron chi connectivity index (χ3n) is 3.23. The first kappa shape index (κ1) is 12.4. The van der Waals surface area contributed by atoms with E-state index in [1.54, 1.807) is 18.2 Å². The Labute approximate surface area is 110 Å². The molecule has 0 aromatic heterocycles.